The summed E-state index contributed by atoms with van der Waals surface area (Å²) >= 11 is 3.59. The first kappa shape index (κ1) is 14.7. The van der Waals surface area contributed by atoms with E-state index in [1.807, 2.05) is 6.20 Å². The lowest BCUT2D eigenvalue weighted by atomic mass is 9.85. The van der Waals surface area contributed by atoms with E-state index < -0.39 is 0 Å². The molecule has 0 aliphatic rings. The maximum atomic E-state index is 5.69. The Hall–Kier alpha value is -0.390. The van der Waals surface area contributed by atoms with Gasteiger partial charge in [-0.25, -0.2) is 0 Å². The Bertz CT molecular complexity index is 357. The lowest BCUT2D eigenvalue weighted by Crippen LogP contribution is -2.28. The van der Waals surface area contributed by atoms with Crippen LogP contribution >= 0.6 is 15.9 Å². The fourth-order valence-corrected chi connectivity index (χ4v) is 2.81. The number of nitrogens with two attached hydrogens (primary N) is 1. The number of hydrogen-bond donors (Lipinski definition) is 1. The van der Waals surface area contributed by atoms with Crippen molar-refractivity contribution in [1.29, 1.82) is 0 Å². The van der Waals surface area contributed by atoms with Crippen LogP contribution in [0.15, 0.2) is 10.7 Å². The van der Waals surface area contributed by atoms with E-state index in [1.165, 1.54) is 5.69 Å². The Balaban J connectivity index is 2.93. The van der Waals surface area contributed by atoms with Crippen molar-refractivity contribution in [2.24, 2.45) is 5.73 Å². The molecule has 1 heterocycles. The van der Waals surface area contributed by atoms with Gasteiger partial charge in [-0.15, -0.1) is 0 Å². The molecule has 1 aromatic rings. The van der Waals surface area contributed by atoms with E-state index >= 15 is 0 Å². The van der Waals surface area contributed by atoms with Gasteiger partial charge in [0, 0.05) is 12.0 Å². The third-order valence-corrected chi connectivity index (χ3v) is 3.54. The second-order valence-electron chi connectivity index (χ2n) is 5.29. The highest BCUT2D eigenvalue weighted by Crippen LogP contribution is 2.32. The molecule has 0 unspecified atom stereocenters. The number of nitrogens with zero attached hydrogens (tertiary/aromatic N) is 3. The summed E-state index contributed by atoms with van der Waals surface area (Å²) in [6, 6.07) is 0. The summed E-state index contributed by atoms with van der Waals surface area (Å²) in [5, 5.41) is 4.44. The van der Waals surface area contributed by atoms with Crippen LogP contribution in [0.3, 0.4) is 0 Å². The molecular weight excluding hydrogens is 280 g/mol. The van der Waals surface area contributed by atoms with Crippen molar-refractivity contribution in [3.8, 4) is 0 Å². The summed E-state index contributed by atoms with van der Waals surface area (Å²) in [6.07, 6.45) is 2.84. The van der Waals surface area contributed by atoms with Gasteiger partial charge in [-0.05, 0) is 43.0 Å². The van der Waals surface area contributed by atoms with Crippen LogP contribution in [0, 0.1) is 0 Å². The number of aromatic nitrogens is 2. The Kier molecular flexibility index (Phi) is 5.16. The zero-order chi connectivity index (χ0) is 13.1. The molecule has 0 bridgehead atoms. The first-order valence-corrected chi connectivity index (χ1v) is 6.74. The number of hydrogen-bond acceptors (Lipinski definition) is 3. The van der Waals surface area contributed by atoms with Gasteiger partial charge in [-0.3, -0.25) is 4.68 Å². The van der Waals surface area contributed by atoms with E-state index in [9.17, 15) is 0 Å². The van der Waals surface area contributed by atoms with E-state index in [2.05, 4.69) is 58.6 Å². The van der Waals surface area contributed by atoms with Crippen LogP contribution in [0.4, 0.5) is 0 Å². The molecule has 0 aromatic carbocycles. The maximum absolute atomic E-state index is 5.69. The van der Waals surface area contributed by atoms with Crippen molar-refractivity contribution in [2.75, 3.05) is 27.2 Å². The average molecular weight is 303 g/mol. The summed E-state index contributed by atoms with van der Waals surface area (Å²) < 4.78 is 3.16. The molecule has 17 heavy (non-hydrogen) atoms. The zero-order valence-corrected chi connectivity index (χ0v) is 12.8. The van der Waals surface area contributed by atoms with Crippen LogP contribution in [0.1, 0.15) is 26.0 Å². The van der Waals surface area contributed by atoms with Crippen molar-refractivity contribution in [1.82, 2.24) is 14.7 Å². The lowest BCUT2D eigenvalue weighted by Gasteiger charge is -2.26. The predicted molar refractivity (Wildman–Crippen MR) is 75.2 cm³/mol. The highest BCUT2D eigenvalue weighted by molar-refractivity contribution is 9.10. The van der Waals surface area contributed by atoms with Gasteiger partial charge in [-0.1, -0.05) is 13.8 Å². The van der Waals surface area contributed by atoms with Crippen molar-refractivity contribution >= 4 is 15.9 Å². The molecule has 0 radical (unpaired) electrons. The number of likely N-dealkylation sites (N-methyl/N-ethyl adjacent to an activating group) is 1. The Morgan fingerprint density at radius 1 is 1.47 bits per heavy atom. The highest BCUT2D eigenvalue weighted by atomic mass is 79.9. The van der Waals surface area contributed by atoms with Crippen molar-refractivity contribution in [3.05, 3.63) is 16.4 Å². The van der Waals surface area contributed by atoms with Gasteiger partial charge in [0.1, 0.15) is 0 Å². The summed E-state index contributed by atoms with van der Waals surface area (Å²) in [7, 11) is 4.15. The summed E-state index contributed by atoms with van der Waals surface area (Å²) in [5.74, 6) is 0. The molecule has 1 aromatic heterocycles. The first-order valence-electron chi connectivity index (χ1n) is 5.95. The number of rotatable bonds is 6. The third-order valence-electron chi connectivity index (χ3n) is 2.96. The van der Waals surface area contributed by atoms with Gasteiger partial charge in [0.2, 0.25) is 0 Å². The summed E-state index contributed by atoms with van der Waals surface area (Å²) in [5.41, 5.74) is 6.98. The van der Waals surface area contributed by atoms with E-state index in [1.54, 1.807) is 0 Å². The highest BCUT2D eigenvalue weighted by Gasteiger charge is 2.26. The Morgan fingerprint density at radius 3 is 2.65 bits per heavy atom. The van der Waals surface area contributed by atoms with Crippen molar-refractivity contribution in [2.45, 2.75) is 32.2 Å². The predicted octanol–water partition coefficient (Wildman–Crippen LogP) is 1.83. The van der Waals surface area contributed by atoms with Gasteiger partial charge >= 0.3 is 0 Å². The second kappa shape index (κ2) is 5.98. The molecule has 0 amide bonds. The average Bonchev–Trinajstić information content (AvgIpc) is 2.57. The summed E-state index contributed by atoms with van der Waals surface area (Å²) in [6.45, 7) is 7.02. The standard InChI is InChI=1S/C12H23BrN4/c1-12(2,5-6-14)11-10(13)9-15-17(11)8-7-16(3)4/h9H,5-8,14H2,1-4H3. The van der Waals surface area contributed by atoms with Gasteiger partial charge < -0.3 is 10.6 Å². The van der Waals surface area contributed by atoms with Gasteiger partial charge in [0.15, 0.2) is 0 Å². The molecule has 98 valence electrons. The zero-order valence-electron chi connectivity index (χ0n) is 11.2. The molecule has 2 N–H and O–H groups in total. The lowest BCUT2D eigenvalue weighted by molar-refractivity contribution is 0.352. The van der Waals surface area contributed by atoms with Crippen LogP contribution in [-0.4, -0.2) is 41.9 Å². The van der Waals surface area contributed by atoms with Crippen molar-refractivity contribution in [3.63, 3.8) is 0 Å². The maximum Gasteiger partial charge on any atom is 0.0635 e. The van der Waals surface area contributed by atoms with Crippen LogP contribution in [0.25, 0.3) is 0 Å². The molecule has 0 spiro atoms. The quantitative estimate of drug-likeness (QED) is 0.872. The molecule has 0 aliphatic carbocycles. The minimum atomic E-state index is 0.0520. The van der Waals surface area contributed by atoms with E-state index in [0.29, 0.717) is 6.54 Å². The van der Waals surface area contributed by atoms with Gasteiger partial charge in [-0.2, -0.15) is 5.10 Å². The molecule has 0 atom stereocenters. The van der Waals surface area contributed by atoms with E-state index in [-0.39, 0.29) is 5.41 Å². The third kappa shape index (κ3) is 3.79. The minimum absolute atomic E-state index is 0.0520. The first-order chi connectivity index (χ1) is 7.88. The number of halogens is 1. The molecule has 5 heteroatoms. The Labute approximate surface area is 112 Å². The molecule has 0 aliphatic heterocycles. The smallest absolute Gasteiger partial charge is 0.0635 e. The van der Waals surface area contributed by atoms with Crippen molar-refractivity contribution < 1.29 is 0 Å². The van der Waals surface area contributed by atoms with Crippen LogP contribution < -0.4 is 5.73 Å². The monoisotopic (exact) mass is 302 g/mol. The summed E-state index contributed by atoms with van der Waals surface area (Å²) in [4.78, 5) is 2.16. The molecule has 4 nitrogen and oxygen atoms in total. The SMILES string of the molecule is CN(C)CCn1ncc(Br)c1C(C)(C)CCN. The van der Waals surface area contributed by atoms with Crippen LogP contribution in [0.5, 0.6) is 0 Å². The molecular formula is C12H23BrN4. The molecule has 0 saturated heterocycles. The van der Waals surface area contributed by atoms with Gasteiger partial charge in [0.25, 0.3) is 0 Å². The van der Waals surface area contributed by atoms with Gasteiger partial charge in [0.05, 0.1) is 22.9 Å². The van der Waals surface area contributed by atoms with Crippen LogP contribution in [-0.2, 0) is 12.0 Å². The molecule has 0 saturated carbocycles. The largest absolute Gasteiger partial charge is 0.330 e. The Morgan fingerprint density at radius 2 is 2.12 bits per heavy atom. The normalized spacial score (nSPS) is 12.4. The molecule has 1 rings (SSSR count). The van der Waals surface area contributed by atoms with Crippen LogP contribution in [0.2, 0.25) is 0 Å². The second-order valence-corrected chi connectivity index (χ2v) is 6.14. The minimum Gasteiger partial charge on any atom is -0.330 e. The molecule has 0 fully saturated rings. The van der Waals surface area contributed by atoms with E-state index in [0.717, 1.165) is 24.0 Å². The fraction of sp³-hybridized carbons (Fsp3) is 0.750. The fourth-order valence-electron chi connectivity index (χ4n) is 1.98. The van der Waals surface area contributed by atoms with E-state index in [4.69, 9.17) is 5.73 Å². The topological polar surface area (TPSA) is 47.1 Å².